The zero-order chi connectivity index (χ0) is 11.5. The number of hydrogen-bond donors (Lipinski definition) is 1. The minimum absolute atomic E-state index is 0.103. The minimum Gasteiger partial charge on any atom is -0.359 e. The van der Waals surface area contributed by atoms with Crippen molar-refractivity contribution in [1.29, 1.82) is 0 Å². The zero-order valence-corrected chi connectivity index (χ0v) is 10.00. The summed E-state index contributed by atoms with van der Waals surface area (Å²) in [6.45, 7) is 2.25. The number of nitro groups is 1. The van der Waals surface area contributed by atoms with Crippen LogP contribution in [-0.4, -0.2) is 15.9 Å². The van der Waals surface area contributed by atoms with E-state index in [1.807, 2.05) is 0 Å². The summed E-state index contributed by atoms with van der Waals surface area (Å²) in [7, 11) is 0. The van der Waals surface area contributed by atoms with Crippen LogP contribution in [0.2, 0.25) is 0 Å². The molecule has 0 amide bonds. The van der Waals surface area contributed by atoms with E-state index in [-0.39, 0.29) is 5.00 Å². The molecule has 1 aliphatic carbocycles. The predicted molar refractivity (Wildman–Crippen MR) is 63.8 cm³/mol. The third-order valence-electron chi connectivity index (χ3n) is 2.94. The van der Waals surface area contributed by atoms with Gasteiger partial charge in [0, 0.05) is 6.04 Å². The fourth-order valence-corrected chi connectivity index (χ4v) is 2.87. The van der Waals surface area contributed by atoms with Crippen molar-refractivity contribution in [3.8, 4) is 0 Å². The summed E-state index contributed by atoms with van der Waals surface area (Å²) in [5.41, 5.74) is 0. The van der Waals surface area contributed by atoms with E-state index in [0.29, 0.717) is 11.2 Å². The van der Waals surface area contributed by atoms with Gasteiger partial charge in [0.15, 0.2) is 5.13 Å². The molecule has 1 heterocycles. The van der Waals surface area contributed by atoms with Crippen LogP contribution in [0.3, 0.4) is 0 Å². The number of nitrogens with zero attached hydrogens (tertiary/aromatic N) is 2. The normalized spacial score (nSPS) is 25.3. The van der Waals surface area contributed by atoms with Crippen LogP contribution in [0, 0.1) is 16.0 Å². The number of aromatic nitrogens is 1. The van der Waals surface area contributed by atoms with E-state index in [9.17, 15) is 10.1 Å². The van der Waals surface area contributed by atoms with Gasteiger partial charge >= 0.3 is 5.00 Å². The molecule has 2 atom stereocenters. The monoisotopic (exact) mass is 241 g/mol. The van der Waals surface area contributed by atoms with E-state index in [4.69, 9.17) is 0 Å². The van der Waals surface area contributed by atoms with Crippen molar-refractivity contribution >= 4 is 21.5 Å². The Kier molecular flexibility index (Phi) is 3.38. The van der Waals surface area contributed by atoms with Crippen LogP contribution in [0.25, 0.3) is 0 Å². The topological polar surface area (TPSA) is 68.1 Å². The van der Waals surface area contributed by atoms with E-state index in [1.54, 1.807) is 0 Å². The van der Waals surface area contributed by atoms with E-state index >= 15 is 0 Å². The highest BCUT2D eigenvalue weighted by Gasteiger charge is 2.20. The Hall–Kier alpha value is -1.17. The van der Waals surface area contributed by atoms with E-state index < -0.39 is 4.92 Å². The van der Waals surface area contributed by atoms with Crippen LogP contribution in [-0.2, 0) is 0 Å². The number of hydrogen-bond acceptors (Lipinski definition) is 5. The van der Waals surface area contributed by atoms with E-state index in [0.717, 1.165) is 30.1 Å². The van der Waals surface area contributed by atoms with Gasteiger partial charge in [0.1, 0.15) is 6.20 Å². The lowest BCUT2D eigenvalue weighted by Gasteiger charge is -2.27. The Bertz CT molecular complexity index is 380. The van der Waals surface area contributed by atoms with Gasteiger partial charge < -0.3 is 5.32 Å². The number of nitrogens with one attached hydrogen (secondary N) is 1. The molecule has 1 N–H and O–H groups in total. The summed E-state index contributed by atoms with van der Waals surface area (Å²) in [5, 5.41) is 14.6. The Morgan fingerprint density at radius 1 is 1.62 bits per heavy atom. The lowest BCUT2D eigenvalue weighted by Crippen LogP contribution is -2.25. The molecule has 16 heavy (non-hydrogen) atoms. The third-order valence-corrected chi connectivity index (χ3v) is 3.82. The van der Waals surface area contributed by atoms with Gasteiger partial charge in [-0.2, -0.15) is 0 Å². The molecule has 1 saturated carbocycles. The molecule has 1 aromatic rings. The van der Waals surface area contributed by atoms with Crippen LogP contribution in [0.15, 0.2) is 6.20 Å². The zero-order valence-electron chi connectivity index (χ0n) is 9.18. The Labute approximate surface area is 98.0 Å². The molecule has 0 saturated heterocycles. The van der Waals surface area contributed by atoms with Crippen molar-refractivity contribution < 1.29 is 4.92 Å². The van der Waals surface area contributed by atoms with Gasteiger partial charge in [-0.05, 0) is 30.1 Å². The second-order valence-corrected chi connectivity index (χ2v) is 5.38. The van der Waals surface area contributed by atoms with E-state index in [2.05, 4.69) is 17.2 Å². The lowest BCUT2D eigenvalue weighted by atomic mass is 9.87. The largest absolute Gasteiger partial charge is 0.359 e. The molecule has 2 unspecified atom stereocenters. The summed E-state index contributed by atoms with van der Waals surface area (Å²) in [6, 6.07) is 0.425. The van der Waals surface area contributed by atoms with Gasteiger partial charge in [0.25, 0.3) is 0 Å². The fraction of sp³-hybridized carbons (Fsp3) is 0.700. The van der Waals surface area contributed by atoms with E-state index in [1.165, 1.54) is 19.0 Å². The molecule has 2 rings (SSSR count). The van der Waals surface area contributed by atoms with Crippen molar-refractivity contribution in [3.63, 3.8) is 0 Å². The Morgan fingerprint density at radius 3 is 3.06 bits per heavy atom. The van der Waals surface area contributed by atoms with Crippen LogP contribution < -0.4 is 5.32 Å². The van der Waals surface area contributed by atoms with Crippen LogP contribution in [0.4, 0.5) is 10.1 Å². The summed E-state index contributed by atoms with van der Waals surface area (Å²) in [5.74, 6) is 0.737. The van der Waals surface area contributed by atoms with Crippen LogP contribution in [0.1, 0.15) is 32.6 Å². The van der Waals surface area contributed by atoms with Crippen molar-refractivity contribution in [1.82, 2.24) is 4.98 Å². The molecule has 6 heteroatoms. The molecule has 88 valence electrons. The van der Waals surface area contributed by atoms with Crippen molar-refractivity contribution in [2.24, 2.45) is 5.92 Å². The van der Waals surface area contributed by atoms with Gasteiger partial charge in [-0.25, -0.2) is 4.98 Å². The highest BCUT2D eigenvalue weighted by Crippen LogP contribution is 2.30. The van der Waals surface area contributed by atoms with Gasteiger partial charge in [-0.3, -0.25) is 10.1 Å². The number of rotatable bonds is 3. The summed E-state index contributed by atoms with van der Waals surface area (Å²) >= 11 is 1.11. The molecule has 0 aromatic carbocycles. The second kappa shape index (κ2) is 4.78. The molecule has 0 bridgehead atoms. The molecule has 1 fully saturated rings. The molecule has 1 aromatic heterocycles. The average molecular weight is 241 g/mol. The van der Waals surface area contributed by atoms with Crippen molar-refractivity contribution in [2.75, 3.05) is 5.32 Å². The van der Waals surface area contributed by atoms with Crippen molar-refractivity contribution in [2.45, 2.75) is 38.6 Å². The second-order valence-electron chi connectivity index (χ2n) is 4.37. The predicted octanol–water partition coefficient (Wildman–Crippen LogP) is 3.04. The molecule has 1 aliphatic rings. The molecule has 0 aliphatic heterocycles. The standard InChI is InChI=1S/C10H15N3O2S/c1-7-3-2-4-8(5-7)12-10-11-6-9(16-10)13(14)15/h6-8H,2-5H2,1H3,(H,11,12). The number of thiazole rings is 1. The average Bonchev–Trinajstić information content (AvgIpc) is 2.66. The SMILES string of the molecule is CC1CCCC(Nc2ncc([N+](=O)[O-])s2)C1. The smallest absolute Gasteiger partial charge is 0.345 e. The third kappa shape index (κ3) is 2.69. The Morgan fingerprint density at radius 2 is 2.44 bits per heavy atom. The maximum atomic E-state index is 10.5. The van der Waals surface area contributed by atoms with Crippen molar-refractivity contribution in [3.05, 3.63) is 16.3 Å². The molecule has 0 radical (unpaired) electrons. The maximum absolute atomic E-state index is 10.5. The summed E-state index contributed by atoms with van der Waals surface area (Å²) in [6.07, 6.45) is 6.10. The van der Waals surface area contributed by atoms with Gasteiger partial charge in [-0.15, -0.1) is 0 Å². The fourth-order valence-electron chi connectivity index (χ4n) is 2.16. The maximum Gasteiger partial charge on any atom is 0.345 e. The highest BCUT2D eigenvalue weighted by atomic mass is 32.1. The molecule has 5 nitrogen and oxygen atoms in total. The number of anilines is 1. The first-order chi connectivity index (χ1) is 7.65. The first-order valence-electron chi connectivity index (χ1n) is 5.52. The van der Waals surface area contributed by atoms with Crippen LogP contribution >= 0.6 is 11.3 Å². The Balaban J connectivity index is 1.95. The van der Waals surface area contributed by atoms with Gasteiger partial charge in [0.2, 0.25) is 0 Å². The summed E-state index contributed by atoms with van der Waals surface area (Å²) in [4.78, 5) is 14.1. The van der Waals surface area contributed by atoms with Gasteiger partial charge in [0.05, 0.1) is 4.92 Å². The molecular weight excluding hydrogens is 226 g/mol. The minimum atomic E-state index is -0.396. The lowest BCUT2D eigenvalue weighted by molar-refractivity contribution is -0.380. The first kappa shape index (κ1) is 11.3. The highest BCUT2D eigenvalue weighted by molar-refractivity contribution is 7.18. The molecular formula is C10H15N3O2S. The van der Waals surface area contributed by atoms with Crippen LogP contribution in [0.5, 0.6) is 0 Å². The summed E-state index contributed by atoms with van der Waals surface area (Å²) < 4.78 is 0. The molecule has 0 spiro atoms. The quantitative estimate of drug-likeness (QED) is 0.652. The van der Waals surface area contributed by atoms with Gasteiger partial charge in [-0.1, -0.05) is 19.8 Å². The first-order valence-corrected chi connectivity index (χ1v) is 6.33.